The summed E-state index contributed by atoms with van der Waals surface area (Å²) in [5.41, 5.74) is -0.416. The Labute approximate surface area is 167 Å². The third-order valence-corrected chi connectivity index (χ3v) is 4.66. The molecule has 0 spiro atoms. The van der Waals surface area contributed by atoms with Crippen molar-refractivity contribution in [2.75, 3.05) is 54.2 Å². The second-order valence-electron chi connectivity index (χ2n) is 6.47. The Morgan fingerprint density at radius 3 is 2.22 bits per heavy atom. The van der Waals surface area contributed by atoms with Crippen LogP contribution in [0.3, 0.4) is 0 Å². The van der Waals surface area contributed by atoms with Crippen molar-refractivity contribution in [1.82, 2.24) is 10.6 Å². The van der Waals surface area contributed by atoms with Crippen LogP contribution in [0.2, 0.25) is 0 Å². The molecule has 1 aromatic rings. The smallest absolute Gasteiger partial charge is 0.228 e. The highest BCUT2D eigenvalue weighted by Gasteiger charge is 2.39. The lowest BCUT2D eigenvalue weighted by Gasteiger charge is -2.35. The van der Waals surface area contributed by atoms with Crippen molar-refractivity contribution in [3.05, 3.63) is 18.2 Å². The number of piperidine rings is 1. The van der Waals surface area contributed by atoms with E-state index in [2.05, 4.69) is 10.6 Å². The summed E-state index contributed by atoms with van der Waals surface area (Å²) in [5, 5.41) is 6.32. The van der Waals surface area contributed by atoms with Crippen LogP contribution in [-0.4, -0.2) is 60.1 Å². The first-order valence-corrected chi connectivity index (χ1v) is 8.97. The van der Waals surface area contributed by atoms with Crippen molar-refractivity contribution >= 4 is 18.3 Å². The van der Waals surface area contributed by atoms with Crippen LogP contribution in [-0.2, 0) is 9.53 Å². The maximum Gasteiger partial charge on any atom is 0.228 e. The SMILES string of the molecule is COCC1(C(=O)NCCCOc2cc(OC)cc(OC)c2)CCNCC1.Cl. The van der Waals surface area contributed by atoms with Crippen LogP contribution in [0.5, 0.6) is 17.2 Å². The molecule has 2 rings (SSSR count). The molecule has 2 N–H and O–H groups in total. The molecular formula is C19H31ClN2O5. The van der Waals surface area contributed by atoms with Crippen LogP contribution < -0.4 is 24.8 Å². The minimum absolute atomic E-state index is 0. The normalized spacial score (nSPS) is 15.4. The minimum Gasteiger partial charge on any atom is -0.496 e. The Morgan fingerprint density at radius 2 is 1.67 bits per heavy atom. The fourth-order valence-electron chi connectivity index (χ4n) is 3.13. The number of hydrogen-bond donors (Lipinski definition) is 2. The highest BCUT2D eigenvalue weighted by Crippen LogP contribution is 2.29. The van der Waals surface area contributed by atoms with Gasteiger partial charge in [0.05, 0.1) is 32.8 Å². The van der Waals surface area contributed by atoms with Gasteiger partial charge in [0, 0.05) is 31.9 Å². The number of hydrogen-bond acceptors (Lipinski definition) is 6. The maximum absolute atomic E-state index is 12.6. The van der Waals surface area contributed by atoms with Gasteiger partial charge in [0.1, 0.15) is 17.2 Å². The van der Waals surface area contributed by atoms with E-state index in [0.29, 0.717) is 43.4 Å². The maximum atomic E-state index is 12.6. The lowest BCUT2D eigenvalue weighted by molar-refractivity contribution is -0.136. The summed E-state index contributed by atoms with van der Waals surface area (Å²) in [6, 6.07) is 5.41. The van der Waals surface area contributed by atoms with Gasteiger partial charge in [-0.15, -0.1) is 12.4 Å². The second kappa shape index (κ2) is 11.9. The first-order chi connectivity index (χ1) is 12.6. The van der Waals surface area contributed by atoms with Gasteiger partial charge in [0.15, 0.2) is 0 Å². The standard InChI is InChI=1S/C19H30N2O5.ClH/c1-23-14-19(5-8-20-9-6-19)18(22)21-7-4-10-26-17-12-15(24-2)11-16(13-17)25-3;/h11-13,20H,4-10,14H2,1-3H3,(H,21,22);1H. The molecule has 0 aromatic heterocycles. The molecule has 0 unspecified atom stereocenters. The van der Waals surface area contributed by atoms with E-state index in [9.17, 15) is 4.79 Å². The van der Waals surface area contributed by atoms with E-state index in [0.717, 1.165) is 25.9 Å². The fraction of sp³-hybridized carbons (Fsp3) is 0.632. The van der Waals surface area contributed by atoms with E-state index in [1.165, 1.54) is 0 Å². The number of rotatable bonds is 10. The molecule has 0 aliphatic carbocycles. The average molecular weight is 403 g/mol. The summed E-state index contributed by atoms with van der Waals surface area (Å²) in [6.45, 7) is 3.21. The molecule has 7 nitrogen and oxygen atoms in total. The summed E-state index contributed by atoms with van der Waals surface area (Å²) in [4.78, 5) is 12.6. The van der Waals surface area contributed by atoms with Crippen molar-refractivity contribution in [1.29, 1.82) is 0 Å². The van der Waals surface area contributed by atoms with Gasteiger partial charge in [0.25, 0.3) is 0 Å². The molecule has 0 bridgehead atoms. The largest absolute Gasteiger partial charge is 0.496 e. The Kier molecular flexibility index (Phi) is 10.3. The molecule has 0 atom stereocenters. The molecule has 1 saturated heterocycles. The van der Waals surface area contributed by atoms with Crippen molar-refractivity contribution in [2.45, 2.75) is 19.3 Å². The molecule has 1 aromatic carbocycles. The number of carbonyl (C=O) groups is 1. The Bertz CT molecular complexity index is 551. The molecule has 27 heavy (non-hydrogen) atoms. The third-order valence-electron chi connectivity index (χ3n) is 4.66. The predicted octanol–water partition coefficient (Wildman–Crippen LogP) is 2.03. The summed E-state index contributed by atoms with van der Waals surface area (Å²) in [6.07, 6.45) is 2.31. The van der Waals surface area contributed by atoms with Gasteiger partial charge < -0.3 is 29.6 Å². The van der Waals surface area contributed by atoms with Crippen molar-refractivity contribution < 1.29 is 23.7 Å². The van der Waals surface area contributed by atoms with Gasteiger partial charge in [-0.3, -0.25) is 4.79 Å². The van der Waals surface area contributed by atoms with Crippen LogP contribution in [0.25, 0.3) is 0 Å². The van der Waals surface area contributed by atoms with Crippen LogP contribution in [0, 0.1) is 5.41 Å². The number of carbonyl (C=O) groups excluding carboxylic acids is 1. The number of halogens is 1. The van der Waals surface area contributed by atoms with Gasteiger partial charge in [0.2, 0.25) is 5.91 Å². The molecule has 1 aliphatic heterocycles. The van der Waals surface area contributed by atoms with E-state index < -0.39 is 5.41 Å². The summed E-state index contributed by atoms with van der Waals surface area (Å²) in [5.74, 6) is 2.12. The molecule has 8 heteroatoms. The minimum atomic E-state index is -0.416. The van der Waals surface area contributed by atoms with E-state index in [-0.39, 0.29) is 18.3 Å². The fourth-order valence-corrected chi connectivity index (χ4v) is 3.13. The van der Waals surface area contributed by atoms with E-state index >= 15 is 0 Å². The highest BCUT2D eigenvalue weighted by atomic mass is 35.5. The first-order valence-electron chi connectivity index (χ1n) is 8.97. The zero-order valence-corrected chi connectivity index (χ0v) is 17.2. The van der Waals surface area contributed by atoms with Crippen molar-refractivity contribution in [2.24, 2.45) is 5.41 Å². The van der Waals surface area contributed by atoms with Gasteiger partial charge in [-0.1, -0.05) is 0 Å². The topological polar surface area (TPSA) is 78.1 Å². The summed E-state index contributed by atoms with van der Waals surface area (Å²) in [7, 11) is 4.85. The van der Waals surface area contributed by atoms with Crippen molar-refractivity contribution in [3.8, 4) is 17.2 Å². The summed E-state index contributed by atoms with van der Waals surface area (Å²) >= 11 is 0. The molecular weight excluding hydrogens is 372 g/mol. The zero-order chi connectivity index (χ0) is 18.8. The van der Waals surface area contributed by atoms with Gasteiger partial charge in [-0.05, 0) is 32.4 Å². The van der Waals surface area contributed by atoms with Gasteiger partial charge in [-0.25, -0.2) is 0 Å². The Morgan fingerprint density at radius 1 is 1.07 bits per heavy atom. The van der Waals surface area contributed by atoms with Crippen molar-refractivity contribution in [3.63, 3.8) is 0 Å². The number of amides is 1. The number of benzene rings is 1. The number of nitrogens with one attached hydrogen (secondary N) is 2. The Balaban J connectivity index is 0.00000364. The number of ether oxygens (including phenoxy) is 4. The van der Waals surface area contributed by atoms with E-state index in [1.54, 1.807) is 27.4 Å². The average Bonchev–Trinajstić information content (AvgIpc) is 2.68. The van der Waals surface area contributed by atoms with Crippen LogP contribution >= 0.6 is 12.4 Å². The lowest BCUT2D eigenvalue weighted by Crippen LogP contribution is -2.50. The van der Waals surface area contributed by atoms with E-state index in [1.807, 2.05) is 12.1 Å². The van der Waals surface area contributed by atoms with Gasteiger partial charge in [-0.2, -0.15) is 0 Å². The lowest BCUT2D eigenvalue weighted by atomic mass is 9.78. The molecule has 0 radical (unpaired) electrons. The molecule has 1 aliphatic rings. The van der Waals surface area contributed by atoms with Crippen LogP contribution in [0.4, 0.5) is 0 Å². The molecule has 1 heterocycles. The monoisotopic (exact) mass is 402 g/mol. The molecule has 1 amide bonds. The second-order valence-corrected chi connectivity index (χ2v) is 6.47. The highest BCUT2D eigenvalue weighted by molar-refractivity contribution is 5.85. The third kappa shape index (κ3) is 6.75. The quantitative estimate of drug-likeness (QED) is 0.583. The first kappa shape index (κ1) is 23.3. The number of methoxy groups -OCH3 is 3. The molecule has 154 valence electrons. The van der Waals surface area contributed by atoms with E-state index in [4.69, 9.17) is 18.9 Å². The van der Waals surface area contributed by atoms with Gasteiger partial charge >= 0.3 is 0 Å². The Hall–Kier alpha value is -1.70. The summed E-state index contributed by atoms with van der Waals surface area (Å²) < 4.78 is 21.5. The molecule has 0 saturated carbocycles. The van der Waals surface area contributed by atoms with Crippen LogP contribution in [0.15, 0.2) is 18.2 Å². The molecule has 1 fully saturated rings. The zero-order valence-electron chi connectivity index (χ0n) is 16.3. The van der Waals surface area contributed by atoms with Crippen LogP contribution in [0.1, 0.15) is 19.3 Å². The predicted molar refractivity (Wildman–Crippen MR) is 106 cm³/mol.